The zero-order valence-electron chi connectivity index (χ0n) is 8.24. The Labute approximate surface area is 110 Å². The van der Waals surface area contributed by atoms with E-state index in [9.17, 15) is 0 Å². The predicted molar refractivity (Wildman–Crippen MR) is 69.7 cm³/mol. The average molecular weight is 311 g/mol. The van der Waals surface area contributed by atoms with E-state index in [1.807, 2.05) is 10.8 Å². The van der Waals surface area contributed by atoms with Crippen molar-refractivity contribution in [3.05, 3.63) is 27.0 Å². The van der Waals surface area contributed by atoms with Crippen molar-refractivity contribution >= 4 is 38.6 Å². The molecule has 1 aliphatic rings. The van der Waals surface area contributed by atoms with Gasteiger partial charge in [-0.25, -0.2) is 4.98 Å². The van der Waals surface area contributed by atoms with Gasteiger partial charge in [-0.05, 0) is 34.8 Å². The molecule has 2 aromatic rings. The van der Waals surface area contributed by atoms with Crippen molar-refractivity contribution in [3.8, 4) is 16.0 Å². The monoisotopic (exact) mass is 310 g/mol. The van der Waals surface area contributed by atoms with Crippen LogP contribution in [-0.4, -0.2) is 4.98 Å². The summed E-state index contributed by atoms with van der Waals surface area (Å²) in [6.45, 7) is 0. The van der Waals surface area contributed by atoms with E-state index in [0.717, 1.165) is 32.9 Å². The smallest absolute Gasteiger partial charge is 0.133 e. The molecular formula is C11H7BrN2S2. The molecule has 0 atom stereocenters. The SMILES string of the molecule is N#CC1(c2csc(-c3cc(Br)cs3)n2)CC1. The summed E-state index contributed by atoms with van der Waals surface area (Å²) in [5.41, 5.74) is 0.697. The first-order chi connectivity index (χ1) is 7.73. The van der Waals surface area contributed by atoms with Gasteiger partial charge in [-0.15, -0.1) is 22.7 Å². The van der Waals surface area contributed by atoms with Crippen molar-refractivity contribution in [2.24, 2.45) is 0 Å². The minimum atomic E-state index is -0.261. The molecule has 5 heteroatoms. The highest BCUT2D eigenvalue weighted by Gasteiger charge is 2.47. The van der Waals surface area contributed by atoms with Gasteiger partial charge < -0.3 is 0 Å². The molecule has 2 heterocycles. The number of hydrogen-bond acceptors (Lipinski definition) is 4. The molecule has 1 saturated carbocycles. The summed E-state index contributed by atoms with van der Waals surface area (Å²) < 4.78 is 1.09. The normalized spacial score (nSPS) is 17.0. The molecule has 0 radical (unpaired) electrons. The number of nitrogens with zero attached hydrogens (tertiary/aromatic N) is 2. The number of nitriles is 1. The van der Waals surface area contributed by atoms with E-state index in [1.165, 1.54) is 0 Å². The van der Waals surface area contributed by atoms with Crippen molar-refractivity contribution in [2.75, 3.05) is 0 Å². The molecule has 80 valence electrons. The van der Waals surface area contributed by atoms with Crippen LogP contribution in [0, 0.1) is 11.3 Å². The summed E-state index contributed by atoms with van der Waals surface area (Å²) in [5.74, 6) is 0. The van der Waals surface area contributed by atoms with E-state index in [4.69, 9.17) is 5.26 Å². The van der Waals surface area contributed by atoms with E-state index >= 15 is 0 Å². The van der Waals surface area contributed by atoms with Gasteiger partial charge in [0.2, 0.25) is 0 Å². The zero-order chi connectivity index (χ0) is 11.2. The maximum atomic E-state index is 9.10. The van der Waals surface area contributed by atoms with Crippen LogP contribution < -0.4 is 0 Å². The summed E-state index contributed by atoms with van der Waals surface area (Å²) in [6, 6.07) is 4.45. The van der Waals surface area contributed by atoms with Crippen LogP contribution in [0.3, 0.4) is 0 Å². The van der Waals surface area contributed by atoms with Crippen LogP contribution in [0.4, 0.5) is 0 Å². The minimum Gasteiger partial charge on any atom is -0.239 e. The van der Waals surface area contributed by atoms with Crippen molar-refractivity contribution in [2.45, 2.75) is 18.3 Å². The second-order valence-electron chi connectivity index (χ2n) is 3.86. The van der Waals surface area contributed by atoms with Crippen LogP contribution in [-0.2, 0) is 5.41 Å². The van der Waals surface area contributed by atoms with Gasteiger partial charge in [-0.3, -0.25) is 0 Å². The number of thiazole rings is 1. The van der Waals surface area contributed by atoms with Crippen LogP contribution in [0.1, 0.15) is 18.5 Å². The average Bonchev–Trinajstić information content (AvgIpc) is 2.74. The third kappa shape index (κ3) is 1.61. The summed E-state index contributed by atoms with van der Waals surface area (Å²) >= 11 is 6.73. The molecule has 3 rings (SSSR count). The minimum absolute atomic E-state index is 0.261. The van der Waals surface area contributed by atoms with Crippen molar-refractivity contribution in [1.82, 2.24) is 4.98 Å². The number of halogens is 1. The lowest BCUT2D eigenvalue weighted by atomic mass is 10.1. The van der Waals surface area contributed by atoms with Gasteiger partial charge in [-0.2, -0.15) is 5.26 Å². The first-order valence-electron chi connectivity index (χ1n) is 4.85. The lowest BCUT2D eigenvalue weighted by molar-refractivity contribution is 0.869. The third-order valence-corrected chi connectivity index (χ3v) is 5.44. The van der Waals surface area contributed by atoms with Crippen LogP contribution in [0.15, 0.2) is 21.3 Å². The van der Waals surface area contributed by atoms with E-state index in [2.05, 4.69) is 33.0 Å². The molecule has 0 saturated heterocycles. The second-order valence-corrected chi connectivity index (χ2v) is 6.55. The Balaban J connectivity index is 1.97. The molecule has 0 unspecified atom stereocenters. The number of thiophene rings is 1. The summed E-state index contributed by atoms with van der Waals surface area (Å²) in [4.78, 5) is 5.75. The van der Waals surface area contributed by atoms with Crippen molar-refractivity contribution in [1.29, 1.82) is 5.26 Å². The Morgan fingerprint density at radius 1 is 1.38 bits per heavy atom. The summed E-state index contributed by atoms with van der Waals surface area (Å²) in [7, 11) is 0. The van der Waals surface area contributed by atoms with Gasteiger partial charge in [0, 0.05) is 15.2 Å². The largest absolute Gasteiger partial charge is 0.239 e. The Morgan fingerprint density at radius 2 is 2.19 bits per heavy atom. The first-order valence-corrected chi connectivity index (χ1v) is 7.40. The molecule has 0 spiro atoms. The lowest BCUT2D eigenvalue weighted by Crippen LogP contribution is -2.02. The van der Waals surface area contributed by atoms with Crippen molar-refractivity contribution < 1.29 is 0 Å². The molecular weight excluding hydrogens is 304 g/mol. The number of rotatable bonds is 2. The molecule has 0 aromatic carbocycles. The lowest BCUT2D eigenvalue weighted by Gasteiger charge is -1.97. The zero-order valence-corrected chi connectivity index (χ0v) is 11.5. The Kier molecular flexibility index (Phi) is 2.39. The topological polar surface area (TPSA) is 36.7 Å². The van der Waals surface area contributed by atoms with Gasteiger partial charge in [0.25, 0.3) is 0 Å². The fraction of sp³-hybridized carbons (Fsp3) is 0.273. The Morgan fingerprint density at radius 3 is 2.75 bits per heavy atom. The molecule has 0 N–H and O–H groups in total. The van der Waals surface area contributed by atoms with Crippen LogP contribution >= 0.6 is 38.6 Å². The molecule has 2 nitrogen and oxygen atoms in total. The number of aromatic nitrogens is 1. The van der Waals surface area contributed by atoms with E-state index in [-0.39, 0.29) is 5.41 Å². The molecule has 0 amide bonds. The Hall–Kier alpha value is -0.700. The highest BCUT2D eigenvalue weighted by Crippen LogP contribution is 2.48. The van der Waals surface area contributed by atoms with Crippen LogP contribution in [0.2, 0.25) is 0 Å². The molecule has 16 heavy (non-hydrogen) atoms. The number of hydrogen-bond donors (Lipinski definition) is 0. The predicted octanol–water partition coefficient (Wildman–Crippen LogP) is 4.19. The van der Waals surface area contributed by atoms with E-state index in [0.29, 0.717) is 0 Å². The molecule has 0 aliphatic heterocycles. The molecule has 2 aromatic heterocycles. The maximum absolute atomic E-state index is 9.10. The highest BCUT2D eigenvalue weighted by atomic mass is 79.9. The quantitative estimate of drug-likeness (QED) is 0.834. The van der Waals surface area contributed by atoms with E-state index < -0.39 is 0 Å². The third-order valence-electron chi connectivity index (χ3n) is 2.74. The molecule has 0 bridgehead atoms. The van der Waals surface area contributed by atoms with Crippen LogP contribution in [0.25, 0.3) is 9.88 Å². The van der Waals surface area contributed by atoms with Gasteiger partial charge in [0.15, 0.2) is 0 Å². The van der Waals surface area contributed by atoms with Crippen molar-refractivity contribution in [3.63, 3.8) is 0 Å². The Bertz CT molecular complexity index is 575. The summed E-state index contributed by atoms with van der Waals surface area (Å²) in [6.07, 6.45) is 1.92. The first kappa shape index (κ1) is 10.5. The van der Waals surface area contributed by atoms with Crippen LogP contribution in [0.5, 0.6) is 0 Å². The maximum Gasteiger partial charge on any atom is 0.133 e. The van der Waals surface area contributed by atoms with E-state index in [1.54, 1.807) is 22.7 Å². The molecule has 1 fully saturated rings. The molecule has 1 aliphatic carbocycles. The van der Waals surface area contributed by atoms with Gasteiger partial charge >= 0.3 is 0 Å². The second kappa shape index (κ2) is 3.66. The standard InChI is InChI=1S/C11H7BrN2S2/c12-7-3-8(15-4-7)10-14-9(5-16-10)11(6-13)1-2-11/h3-5H,1-2H2. The van der Waals surface area contributed by atoms with Gasteiger partial charge in [-0.1, -0.05) is 0 Å². The fourth-order valence-corrected chi connectivity index (χ4v) is 4.01. The van der Waals surface area contributed by atoms with Gasteiger partial charge in [0.05, 0.1) is 16.6 Å². The fourth-order valence-electron chi connectivity index (χ4n) is 1.58. The van der Waals surface area contributed by atoms with Gasteiger partial charge in [0.1, 0.15) is 10.4 Å². The summed E-state index contributed by atoms with van der Waals surface area (Å²) in [5, 5.41) is 14.2. The highest BCUT2D eigenvalue weighted by molar-refractivity contribution is 9.10.